The van der Waals surface area contributed by atoms with Gasteiger partial charge in [-0.05, 0) is 12.1 Å². The zero-order chi connectivity index (χ0) is 14.0. The van der Waals surface area contributed by atoms with E-state index in [9.17, 15) is 21.6 Å². The number of rotatable bonds is 4. The van der Waals surface area contributed by atoms with Crippen LogP contribution in [0.2, 0.25) is 0 Å². The van der Waals surface area contributed by atoms with Gasteiger partial charge < -0.3 is 13.7 Å². The van der Waals surface area contributed by atoms with Crippen LogP contribution in [-0.4, -0.2) is 28.1 Å². The molecule has 0 N–H and O–H groups in total. The van der Waals surface area contributed by atoms with Crippen molar-refractivity contribution in [2.75, 3.05) is 14.2 Å². The summed E-state index contributed by atoms with van der Waals surface area (Å²) in [5, 5.41) is 0. The number of ether oxygens (including phenoxy) is 2. The minimum Gasteiger partial charge on any atom is -0.493 e. The van der Waals surface area contributed by atoms with E-state index in [4.69, 9.17) is 9.47 Å². The molecule has 0 aliphatic heterocycles. The van der Waals surface area contributed by atoms with Crippen molar-refractivity contribution in [3.8, 4) is 17.2 Å². The van der Waals surface area contributed by atoms with Gasteiger partial charge in [-0.2, -0.15) is 21.6 Å². The van der Waals surface area contributed by atoms with Crippen molar-refractivity contribution in [3.63, 3.8) is 0 Å². The third kappa shape index (κ3) is 2.78. The van der Waals surface area contributed by atoms with Crippen LogP contribution in [0.4, 0.5) is 13.2 Å². The molecule has 0 spiro atoms. The summed E-state index contributed by atoms with van der Waals surface area (Å²) in [5.41, 5.74) is -5.51. The van der Waals surface area contributed by atoms with Crippen LogP contribution in [0.1, 0.15) is 0 Å². The Morgan fingerprint density at radius 2 is 1.61 bits per heavy atom. The smallest absolute Gasteiger partial charge is 0.493 e. The summed E-state index contributed by atoms with van der Waals surface area (Å²) in [5.74, 6) is -0.797. The maximum atomic E-state index is 12.2. The molecular formula is C9H9F3O5S. The SMILES string of the molecule is COc1cccc(OS(=O)(=O)C(F)(F)F)c1OC. The molecule has 0 heterocycles. The molecule has 0 atom stereocenters. The normalized spacial score (nSPS) is 12.1. The van der Waals surface area contributed by atoms with Gasteiger partial charge in [-0.1, -0.05) is 6.07 Å². The van der Waals surface area contributed by atoms with E-state index in [1.807, 2.05) is 0 Å². The zero-order valence-corrected chi connectivity index (χ0v) is 10.1. The van der Waals surface area contributed by atoms with Gasteiger partial charge in [0.1, 0.15) is 0 Å². The number of benzene rings is 1. The van der Waals surface area contributed by atoms with E-state index in [-0.39, 0.29) is 11.5 Å². The predicted molar refractivity (Wildman–Crippen MR) is 55.1 cm³/mol. The van der Waals surface area contributed by atoms with Gasteiger partial charge in [-0.3, -0.25) is 0 Å². The zero-order valence-electron chi connectivity index (χ0n) is 9.32. The third-order valence-corrected chi connectivity index (χ3v) is 2.82. The molecule has 0 radical (unpaired) electrons. The molecule has 1 rings (SSSR count). The average Bonchev–Trinajstić information content (AvgIpc) is 2.26. The highest BCUT2D eigenvalue weighted by molar-refractivity contribution is 7.88. The Hall–Kier alpha value is -1.64. The first-order chi connectivity index (χ1) is 8.23. The van der Waals surface area contributed by atoms with E-state index in [1.54, 1.807) is 0 Å². The van der Waals surface area contributed by atoms with Crippen LogP contribution in [0.25, 0.3) is 0 Å². The summed E-state index contributed by atoms with van der Waals surface area (Å²) in [6, 6.07) is 3.67. The molecule has 0 aliphatic rings. The molecular weight excluding hydrogens is 277 g/mol. The number of halogens is 3. The van der Waals surface area contributed by atoms with E-state index in [0.717, 1.165) is 13.2 Å². The summed E-state index contributed by atoms with van der Waals surface area (Å²) in [4.78, 5) is 0. The molecule has 0 aliphatic carbocycles. The molecule has 18 heavy (non-hydrogen) atoms. The van der Waals surface area contributed by atoms with Crippen LogP contribution in [0, 0.1) is 0 Å². The Bertz CT molecular complexity index is 523. The first-order valence-corrected chi connectivity index (χ1v) is 5.85. The monoisotopic (exact) mass is 286 g/mol. The summed E-state index contributed by atoms with van der Waals surface area (Å²) >= 11 is 0. The van der Waals surface area contributed by atoms with Gasteiger partial charge in [-0.25, -0.2) is 0 Å². The number of para-hydroxylation sites is 1. The van der Waals surface area contributed by atoms with Gasteiger partial charge in [0.15, 0.2) is 11.5 Å². The molecule has 0 unspecified atom stereocenters. The molecule has 9 heteroatoms. The molecule has 0 saturated carbocycles. The predicted octanol–water partition coefficient (Wildman–Crippen LogP) is 1.93. The highest BCUT2D eigenvalue weighted by Gasteiger charge is 2.49. The molecule has 0 amide bonds. The summed E-state index contributed by atoms with van der Waals surface area (Å²) in [7, 11) is -3.35. The van der Waals surface area contributed by atoms with Crippen molar-refractivity contribution in [1.29, 1.82) is 0 Å². The summed E-state index contributed by atoms with van der Waals surface area (Å²) < 4.78 is 71.7. The van der Waals surface area contributed by atoms with E-state index < -0.39 is 21.4 Å². The Labute approximate surface area is 101 Å². The van der Waals surface area contributed by atoms with Crippen molar-refractivity contribution in [2.45, 2.75) is 5.51 Å². The average molecular weight is 286 g/mol. The fourth-order valence-electron chi connectivity index (χ4n) is 1.09. The number of alkyl halides is 3. The Morgan fingerprint density at radius 3 is 2.06 bits per heavy atom. The second-order valence-corrected chi connectivity index (χ2v) is 4.51. The first kappa shape index (κ1) is 14.4. The molecule has 0 bridgehead atoms. The van der Waals surface area contributed by atoms with Crippen molar-refractivity contribution in [3.05, 3.63) is 18.2 Å². The van der Waals surface area contributed by atoms with E-state index >= 15 is 0 Å². The fraction of sp³-hybridized carbons (Fsp3) is 0.333. The lowest BCUT2D eigenvalue weighted by Crippen LogP contribution is -2.28. The van der Waals surface area contributed by atoms with Crippen molar-refractivity contribution >= 4 is 10.1 Å². The number of methoxy groups -OCH3 is 2. The molecule has 0 aromatic heterocycles. The van der Waals surface area contributed by atoms with Crippen LogP contribution >= 0.6 is 0 Å². The fourth-order valence-corrected chi connectivity index (χ4v) is 1.55. The summed E-state index contributed by atoms with van der Waals surface area (Å²) in [6.07, 6.45) is 0. The van der Waals surface area contributed by atoms with Crippen LogP contribution in [0.3, 0.4) is 0 Å². The van der Waals surface area contributed by atoms with Crippen LogP contribution in [0.15, 0.2) is 18.2 Å². The Balaban J connectivity index is 3.21. The van der Waals surface area contributed by atoms with Crippen molar-refractivity contribution < 1.29 is 35.2 Å². The topological polar surface area (TPSA) is 61.8 Å². The van der Waals surface area contributed by atoms with Crippen LogP contribution in [-0.2, 0) is 10.1 Å². The first-order valence-electron chi connectivity index (χ1n) is 4.44. The lowest BCUT2D eigenvalue weighted by molar-refractivity contribution is -0.0500. The molecule has 0 saturated heterocycles. The van der Waals surface area contributed by atoms with Crippen molar-refractivity contribution in [2.24, 2.45) is 0 Å². The van der Waals surface area contributed by atoms with E-state index in [0.29, 0.717) is 0 Å². The lowest BCUT2D eigenvalue weighted by Gasteiger charge is -2.14. The van der Waals surface area contributed by atoms with Gasteiger partial charge >= 0.3 is 15.6 Å². The molecule has 102 valence electrons. The highest BCUT2D eigenvalue weighted by atomic mass is 32.2. The lowest BCUT2D eigenvalue weighted by atomic mass is 10.3. The second kappa shape index (κ2) is 4.92. The quantitative estimate of drug-likeness (QED) is 0.625. The van der Waals surface area contributed by atoms with Gasteiger partial charge in [0, 0.05) is 0 Å². The second-order valence-electron chi connectivity index (χ2n) is 2.97. The number of hydrogen-bond donors (Lipinski definition) is 0. The van der Waals surface area contributed by atoms with E-state index in [2.05, 4.69) is 4.18 Å². The standard InChI is InChI=1S/C9H9F3O5S/c1-15-6-4-3-5-7(8(6)16-2)17-18(13,14)9(10,11)12/h3-5H,1-2H3. The minimum atomic E-state index is -5.74. The van der Waals surface area contributed by atoms with Crippen molar-refractivity contribution in [1.82, 2.24) is 0 Å². The molecule has 0 fully saturated rings. The number of hydrogen-bond acceptors (Lipinski definition) is 5. The maximum absolute atomic E-state index is 12.2. The largest absolute Gasteiger partial charge is 0.534 e. The van der Waals surface area contributed by atoms with Gasteiger partial charge in [0.05, 0.1) is 14.2 Å². The summed E-state index contributed by atoms with van der Waals surface area (Å²) in [6.45, 7) is 0. The highest BCUT2D eigenvalue weighted by Crippen LogP contribution is 2.39. The maximum Gasteiger partial charge on any atom is 0.534 e. The molecule has 1 aromatic rings. The molecule has 5 nitrogen and oxygen atoms in total. The third-order valence-electron chi connectivity index (χ3n) is 1.85. The Morgan fingerprint density at radius 1 is 1.06 bits per heavy atom. The molecule has 1 aromatic carbocycles. The van der Waals surface area contributed by atoms with E-state index in [1.165, 1.54) is 19.2 Å². The van der Waals surface area contributed by atoms with Gasteiger partial charge in [-0.15, -0.1) is 0 Å². The Kier molecular flexibility index (Phi) is 3.95. The van der Waals surface area contributed by atoms with Crippen LogP contribution < -0.4 is 13.7 Å². The van der Waals surface area contributed by atoms with Gasteiger partial charge in [0.2, 0.25) is 5.75 Å². The van der Waals surface area contributed by atoms with Crippen LogP contribution in [0.5, 0.6) is 17.2 Å². The minimum absolute atomic E-state index is 0.0485. The van der Waals surface area contributed by atoms with Gasteiger partial charge in [0.25, 0.3) is 0 Å².